The number of likely N-dealkylation sites (tertiary alicyclic amines) is 1. The Morgan fingerprint density at radius 3 is 2.67 bits per heavy atom. The summed E-state index contributed by atoms with van der Waals surface area (Å²) >= 11 is 6.17. The Labute approximate surface area is 163 Å². The molecule has 0 bridgehead atoms. The second-order valence-corrected chi connectivity index (χ2v) is 7.60. The number of hydrogen-bond acceptors (Lipinski definition) is 3. The summed E-state index contributed by atoms with van der Waals surface area (Å²) in [7, 11) is 0. The lowest BCUT2D eigenvalue weighted by Gasteiger charge is -2.39. The van der Waals surface area contributed by atoms with Gasteiger partial charge in [0.2, 0.25) is 0 Å². The molecule has 1 amide bonds. The third-order valence-electron chi connectivity index (χ3n) is 4.83. The monoisotopic (exact) mass is 391 g/mol. The molecule has 0 spiro atoms. The van der Waals surface area contributed by atoms with Gasteiger partial charge < -0.3 is 14.7 Å². The zero-order valence-electron chi connectivity index (χ0n) is 15.5. The van der Waals surface area contributed by atoms with E-state index in [1.54, 1.807) is 11.0 Å². The van der Waals surface area contributed by atoms with Gasteiger partial charge >= 0.3 is 0 Å². The number of carbonyl (C=O) groups is 1. The number of piperidine rings is 1. The van der Waals surface area contributed by atoms with Gasteiger partial charge in [-0.1, -0.05) is 17.7 Å². The van der Waals surface area contributed by atoms with Gasteiger partial charge in [-0.2, -0.15) is 0 Å². The van der Waals surface area contributed by atoms with Crippen LogP contribution in [0.2, 0.25) is 5.02 Å². The molecule has 4 nitrogen and oxygen atoms in total. The van der Waals surface area contributed by atoms with Crippen molar-refractivity contribution in [3.05, 3.63) is 63.9 Å². The molecule has 0 aliphatic carbocycles. The van der Waals surface area contributed by atoms with Crippen LogP contribution in [0, 0.1) is 19.7 Å². The smallest absolute Gasteiger partial charge is 0.254 e. The molecule has 144 valence electrons. The second-order valence-electron chi connectivity index (χ2n) is 7.22. The molecule has 6 heteroatoms. The topological polar surface area (TPSA) is 49.8 Å². The number of carbonyl (C=O) groups excluding carboxylic acids is 1. The average Bonchev–Trinajstić information content (AvgIpc) is 2.64. The highest BCUT2D eigenvalue weighted by Gasteiger charge is 2.36. The van der Waals surface area contributed by atoms with Gasteiger partial charge in [-0.15, -0.1) is 0 Å². The molecule has 27 heavy (non-hydrogen) atoms. The zero-order chi connectivity index (χ0) is 19.6. The van der Waals surface area contributed by atoms with Gasteiger partial charge in [0.25, 0.3) is 5.91 Å². The molecule has 2 aromatic carbocycles. The van der Waals surface area contributed by atoms with Gasteiger partial charge in [-0.05, 0) is 68.1 Å². The number of rotatable bonds is 4. The van der Waals surface area contributed by atoms with Gasteiger partial charge in [-0.3, -0.25) is 4.79 Å². The van der Waals surface area contributed by atoms with Crippen LogP contribution in [-0.2, 0) is 0 Å². The number of ether oxygens (including phenoxy) is 1. The molecule has 3 rings (SSSR count). The molecule has 1 N–H and O–H groups in total. The maximum atomic E-state index is 13.4. The van der Waals surface area contributed by atoms with Gasteiger partial charge in [0.05, 0.1) is 6.54 Å². The van der Waals surface area contributed by atoms with Crippen molar-refractivity contribution in [1.82, 2.24) is 4.90 Å². The van der Waals surface area contributed by atoms with Gasteiger partial charge in [0.15, 0.2) is 0 Å². The first-order valence-electron chi connectivity index (χ1n) is 8.94. The minimum atomic E-state index is -1.15. The van der Waals surface area contributed by atoms with E-state index in [-0.39, 0.29) is 24.6 Å². The van der Waals surface area contributed by atoms with E-state index in [4.69, 9.17) is 16.3 Å². The van der Waals surface area contributed by atoms with Crippen LogP contribution < -0.4 is 4.74 Å². The van der Waals surface area contributed by atoms with Crippen LogP contribution in [0.25, 0.3) is 0 Å². The minimum absolute atomic E-state index is 0.0699. The van der Waals surface area contributed by atoms with Crippen LogP contribution in [0.15, 0.2) is 36.4 Å². The quantitative estimate of drug-likeness (QED) is 0.852. The SMILES string of the molecule is Cc1cc(OCC2(O)CCCN(C(=O)c3cccc(F)c3)C2)cc(C)c1Cl. The standard InChI is InChI=1S/C21H23ClFNO3/c1-14-9-18(10-15(2)19(14)22)27-13-21(26)7-4-8-24(12-21)20(25)16-5-3-6-17(23)11-16/h3,5-6,9-11,26H,4,7-8,12-13H2,1-2H3. The first kappa shape index (κ1) is 19.6. The second kappa shape index (κ2) is 7.87. The molecule has 2 aromatic rings. The van der Waals surface area contributed by atoms with Crippen molar-refractivity contribution < 1.29 is 19.0 Å². The summed E-state index contributed by atoms with van der Waals surface area (Å²) in [4.78, 5) is 14.2. The lowest BCUT2D eigenvalue weighted by molar-refractivity contribution is -0.0532. The van der Waals surface area contributed by atoms with Crippen molar-refractivity contribution in [3.8, 4) is 5.75 Å². The lowest BCUT2D eigenvalue weighted by atomic mass is 9.93. The van der Waals surface area contributed by atoms with Crippen LogP contribution in [0.5, 0.6) is 5.75 Å². The maximum absolute atomic E-state index is 13.4. The summed E-state index contributed by atoms with van der Waals surface area (Å²) in [6.07, 6.45) is 1.19. The van der Waals surface area contributed by atoms with Crippen molar-refractivity contribution in [3.63, 3.8) is 0 Å². The number of hydrogen-bond donors (Lipinski definition) is 1. The van der Waals surface area contributed by atoms with E-state index in [0.717, 1.165) is 11.1 Å². The van der Waals surface area contributed by atoms with Gasteiger partial charge in [0, 0.05) is 17.1 Å². The Hall–Kier alpha value is -2.11. The maximum Gasteiger partial charge on any atom is 0.254 e. The fourth-order valence-electron chi connectivity index (χ4n) is 3.41. The number of aryl methyl sites for hydroxylation is 2. The largest absolute Gasteiger partial charge is 0.491 e. The van der Waals surface area contributed by atoms with Crippen LogP contribution in [0.3, 0.4) is 0 Å². The van der Waals surface area contributed by atoms with Crippen molar-refractivity contribution in [2.45, 2.75) is 32.3 Å². The minimum Gasteiger partial charge on any atom is -0.491 e. The molecule has 1 aliphatic heterocycles. The average molecular weight is 392 g/mol. The molecule has 1 atom stereocenters. The number of aliphatic hydroxyl groups is 1. The summed E-state index contributed by atoms with van der Waals surface area (Å²) in [5.41, 5.74) is 0.947. The molecular weight excluding hydrogens is 369 g/mol. The highest BCUT2D eigenvalue weighted by molar-refractivity contribution is 6.32. The third kappa shape index (κ3) is 4.60. The van der Waals surface area contributed by atoms with E-state index in [9.17, 15) is 14.3 Å². The summed E-state index contributed by atoms with van der Waals surface area (Å²) in [6.45, 7) is 4.54. The first-order chi connectivity index (χ1) is 12.8. The van der Waals surface area contributed by atoms with Crippen molar-refractivity contribution in [1.29, 1.82) is 0 Å². The van der Waals surface area contributed by atoms with Gasteiger partial charge in [-0.25, -0.2) is 4.39 Å². The normalized spacial score (nSPS) is 19.8. The molecule has 1 aliphatic rings. The number of benzene rings is 2. The summed E-state index contributed by atoms with van der Waals surface area (Å²) in [5.74, 6) is -0.104. The highest BCUT2D eigenvalue weighted by Crippen LogP contribution is 2.28. The van der Waals surface area contributed by atoms with E-state index >= 15 is 0 Å². The predicted molar refractivity (Wildman–Crippen MR) is 103 cm³/mol. The van der Waals surface area contributed by atoms with Crippen LogP contribution >= 0.6 is 11.6 Å². The number of halogens is 2. The zero-order valence-corrected chi connectivity index (χ0v) is 16.2. The van der Waals surface area contributed by atoms with E-state index in [1.165, 1.54) is 18.2 Å². The predicted octanol–water partition coefficient (Wildman–Crippen LogP) is 4.14. The van der Waals surface area contributed by atoms with Crippen LogP contribution in [0.4, 0.5) is 4.39 Å². The summed E-state index contributed by atoms with van der Waals surface area (Å²) in [5, 5.41) is 11.6. The lowest BCUT2D eigenvalue weighted by Crippen LogP contribution is -2.53. The summed E-state index contributed by atoms with van der Waals surface area (Å²) in [6, 6.07) is 9.26. The van der Waals surface area contributed by atoms with E-state index < -0.39 is 11.4 Å². The molecule has 1 heterocycles. The van der Waals surface area contributed by atoms with Crippen LogP contribution in [0.1, 0.15) is 34.3 Å². The number of amides is 1. The molecule has 0 radical (unpaired) electrons. The van der Waals surface area contributed by atoms with Crippen molar-refractivity contribution in [2.24, 2.45) is 0 Å². The van der Waals surface area contributed by atoms with Gasteiger partial charge in [0.1, 0.15) is 23.8 Å². The molecule has 1 saturated heterocycles. The Kier molecular flexibility index (Phi) is 5.72. The van der Waals surface area contributed by atoms with E-state index in [1.807, 2.05) is 26.0 Å². The van der Waals surface area contributed by atoms with Crippen molar-refractivity contribution >= 4 is 17.5 Å². The number of nitrogens with zero attached hydrogens (tertiary/aromatic N) is 1. The number of β-amino-alcohol motifs (C(OH)–C–C–N with tert-alkyl or cyclic N) is 1. The molecule has 1 fully saturated rings. The third-order valence-corrected chi connectivity index (χ3v) is 5.43. The van der Waals surface area contributed by atoms with E-state index in [2.05, 4.69) is 0 Å². The van der Waals surface area contributed by atoms with Crippen LogP contribution in [-0.4, -0.2) is 41.2 Å². The highest BCUT2D eigenvalue weighted by atomic mass is 35.5. The Morgan fingerprint density at radius 2 is 2.00 bits per heavy atom. The fraction of sp³-hybridized carbons (Fsp3) is 0.381. The summed E-state index contributed by atoms with van der Waals surface area (Å²) < 4.78 is 19.2. The Morgan fingerprint density at radius 1 is 1.30 bits per heavy atom. The molecular formula is C21H23ClFNO3. The molecule has 0 aromatic heterocycles. The molecule has 1 unspecified atom stereocenters. The first-order valence-corrected chi connectivity index (χ1v) is 9.32. The fourth-order valence-corrected chi connectivity index (χ4v) is 3.52. The molecule has 0 saturated carbocycles. The Balaban J connectivity index is 1.68. The van der Waals surface area contributed by atoms with E-state index in [0.29, 0.717) is 30.2 Å². The van der Waals surface area contributed by atoms with Crippen molar-refractivity contribution in [2.75, 3.05) is 19.7 Å². The Bertz CT molecular complexity index is 834.